The number of aromatic nitrogens is 2. The van der Waals surface area contributed by atoms with E-state index in [0.717, 1.165) is 11.5 Å². The van der Waals surface area contributed by atoms with Crippen LogP contribution in [0.5, 0.6) is 0 Å². The van der Waals surface area contributed by atoms with E-state index >= 15 is 0 Å². The monoisotopic (exact) mass is 315 g/mol. The molecule has 118 valence electrons. The molecule has 1 atom stereocenters. The molecule has 2 N–H and O–H groups in total. The highest BCUT2D eigenvalue weighted by Crippen LogP contribution is 2.19. The first-order valence-corrected chi connectivity index (χ1v) is 7.66. The molecule has 3 aromatic rings. The summed E-state index contributed by atoms with van der Waals surface area (Å²) < 4.78 is 0. The lowest BCUT2D eigenvalue weighted by atomic mass is 10.1. The highest BCUT2D eigenvalue weighted by molar-refractivity contribution is 5.56. The first-order chi connectivity index (χ1) is 11.7. The Balaban J connectivity index is 1.70. The highest BCUT2D eigenvalue weighted by atomic mass is 15.1. The van der Waals surface area contributed by atoms with Crippen LogP contribution in [-0.2, 0) is 0 Å². The summed E-state index contributed by atoms with van der Waals surface area (Å²) in [6.07, 6.45) is 1.71. The largest absolute Gasteiger partial charge is 0.363 e. The van der Waals surface area contributed by atoms with E-state index in [4.69, 9.17) is 5.26 Å². The van der Waals surface area contributed by atoms with Crippen molar-refractivity contribution in [2.75, 3.05) is 10.6 Å². The van der Waals surface area contributed by atoms with Crippen molar-refractivity contribution in [3.05, 3.63) is 78.0 Å². The molecule has 0 fully saturated rings. The Morgan fingerprint density at radius 2 is 1.75 bits per heavy atom. The van der Waals surface area contributed by atoms with Gasteiger partial charge in [0, 0.05) is 17.9 Å². The summed E-state index contributed by atoms with van der Waals surface area (Å²) in [5.74, 6) is 1.25. The van der Waals surface area contributed by atoms with E-state index in [1.54, 1.807) is 18.3 Å². The normalized spacial score (nSPS) is 11.3. The van der Waals surface area contributed by atoms with Crippen molar-refractivity contribution in [1.82, 2.24) is 9.97 Å². The molecule has 0 spiro atoms. The second kappa shape index (κ2) is 7.25. The van der Waals surface area contributed by atoms with Crippen molar-refractivity contribution in [2.24, 2.45) is 0 Å². The molecule has 0 radical (unpaired) electrons. The Hall–Kier alpha value is -3.39. The molecule has 1 unspecified atom stereocenters. The maximum Gasteiger partial charge on any atom is 0.229 e. The number of benzene rings is 2. The van der Waals surface area contributed by atoms with Gasteiger partial charge in [0.25, 0.3) is 0 Å². The lowest BCUT2D eigenvalue weighted by Gasteiger charge is -2.15. The van der Waals surface area contributed by atoms with Gasteiger partial charge in [0.15, 0.2) is 0 Å². The van der Waals surface area contributed by atoms with Gasteiger partial charge in [0.2, 0.25) is 5.95 Å². The van der Waals surface area contributed by atoms with Crippen LogP contribution in [-0.4, -0.2) is 9.97 Å². The van der Waals surface area contributed by atoms with E-state index in [1.165, 1.54) is 5.56 Å². The summed E-state index contributed by atoms with van der Waals surface area (Å²) in [4.78, 5) is 8.71. The summed E-state index contributed by atoms with van der Waals surface area (Å²) in [6.45, 7) is 2.09. The topological polar surface area (TPSA) is 73.6 Å². The van der Waals surface area contributed by atoms with E-state index in [9.17, 15) is 0 Å². The first kappa shape index (κ1) is 15.5. The smallest absolute Gasteiger partial charge is 0.229 e. The number of hydrogen-bond donors (Lipinski definition) is 2. The first-order valence-electron chi connectivity index (χ1n) is 7.66. The molecule has 5 nitrogen and oxygen atoms in total. The number of nitrogens with one attached hydrogen (secondary N) is 2. The predicted octanol–water partition coefficient (Wildman–Crippen LogP) is 4.26. The van der Waals surface area contributed by atoms with Crippen LogP contribution in [0.1, 0.15) is 24.1 Å². The summed E-state index contributed by atoms with van der Waals surface area (Å²) >= 11 is 0. The Morgan fingerprint density at radius 3 is 2.46 bits per heavy atom. The van der Waals surface area contributed by atoms with E-state index < -0.39 is 0 Å². The van der Waals surface area contributed by atoms with Gasteiger partial charge < -0.3 is 10.6 Å². The van der Waals surface area contributed by atoms with Crippen molar-refractivity contribution < 1.29 is 0 Å². The maximum absolute atomic E-state index is 8.83. The zero-order chi connectivity index (χ0) is 16.8. The molecule has 0 aliphatic carbocycles. The van der Waals surface area contributed by atoms with Crippen molar-refractivity contribution >= 4 is 17.5 Å². The molecule has 5 heteroatoms. The number of hydrogen-bond acceptors (Lipinski definition) is 5. The second-order valence-corrected chi connectivity index (χ2v) is 5.36. The molecule has 0 aliphatic heterocycles. The summed E-state index contributed by atoms with van der Waals surface area (Å²) in [5, 5.41) is 15.3. The summed E-state index contributed by atoms with van der Waals surface area (Å²) in [5.41, 5.74) is 2.65. The molecule has 2 aromatic carbocycles. The zero-order valence-corrected chi connectivity index (χ0v) is 13.3. The fourth-order valence-corrected chi connectivity index (χ4v) is 2.30. The molecule has 3 rings (SSSR count). The van der Waals surface area contributed by atoms with Gasteiger partial charge in [0.05, 0.1) is 11.6 Å². The van der Waals surface area contributed by atoms with Gasteiger partial charge >= 0.3 is 0 Å². The van der Waals surface area contributed by atoms with Gasteiger partial charge in [-0.3, -0.25) is 0 Å². The van der Waals surface area contributed by atoms with Crippen LogP contribution in [0, 0.1) is 11.3 Å². The molecule has 24 heavy (non-hydrogen) atoms. The molecular formula is C19H17N5. The molecule has 1 aromatic heterocycles. The molecule has 1 heterocycles. The fraction of sp³-hybridized carbons (Fsp3) is 0.105. The minimum Gasteiger partial charge on any atom is -0.363 e. The average molecular weight is 315 g/mol. The summed E-state index contributed by atoms with van der Waals surface area (Å²) in [7, 11) is 0. The fourth-order valence-electron chi connectivity index (χ4n) is 2.30. The van der Waals surface area contributed by atoms with Crippen molar-refractivity contribution in [2.45, 2.75) is 13.0 Å². The minimum absolute atomic E-state index is 0.142. The lowest BCUT2D eigenvalue weighted by molar-refractivity contribution is 0.873. The van der Waals surface area contributed by atoms with Crippen LogP contribution in [0.4, 0.5) is 17.5 Å². The Kier molecular flexibility index (Phi) is 4.68. The molecule has 0 amide bonds. The van der Waals surface area contributed by atoms with Gasteiger partial charge in [-0.2, -0.15) is 10.2 Å². The van der Waals surface area contributed by atoms with Crippen molar-refractivity contribution in [1.29, 1.82) is 5.26 Å². The van der Waals surface area contributed by atoms with Gasteiger partial charge in [-0.1, -0.05) is 30.3 Å². The van der Waals surface area contributed by atoms with Crippen LogP contribution >= 0.6 is 0 Å². The number of nitrogens with zero attached hydrogens (tertiary/aromatic N) is 3. The number of rotatable bonds is 5. The molecular weight excluding hydrogens is 298 g/mol. The standard InChI is InChI=1S/C19H17N5/c1-14(16-5-3-2-4-6-16)22-18-11-12-21-19(24-18)23-17-9-7-15(13-20)8-10-17/h2-12,14H,1H3,(H2,21,22,23,24). The Morgan fingerprint density at radius 1 is 1.00 bits per heavy atom. The molecule has 0 aliphatic rings. The SMILES string of the molecule is CC(Nc1ccnc(Nc2ccc(C#N)cc2)n1)c1ccccc1. The third kappa shape index (κ3) is 3.87. The van der Waals surface area contributed by atoms with Crippen LogP contribution in [0.25, 0.3) is 0 Å². The van der Waals surface area contributed by atoms with Crippen LogP contribution in [0.2, 0.25) is 0 Å². The lowest BCUT2D eigenvalue weighted by Crippen LogP contribution is -2.09. The maximum atomic E-state index is 8.83. The third-order valence-electron chi connectivity index (χ3n) is 3.59. The molecule has 0 bridgehead atoms. The van der Waals surface area contributed by atoms with Gasteiger partial charge in [-0.05, 0) is 42.8 Å². The van der Waals surface area contributed by atoms with Gasteiger partial charge in [0.1, 0.15) is 5.82 Å². The van der Waals surface area contributed by atoms with Gasteiger partial charge in [-0.25, -0.2) is 4.98 Å². The van der Waals surface area contributed by atoms with E-state index in [0.29, 0.717) is 11.5 Å². The predicted molar refractivity (Wildman–Crippen MR) is 95.0 cm³/mol. The Labute approximate surface area is 141 Å². The van der Waals surface area contributed by atoms with Gasteiger partial charge in [-0.15, -0.1) is 0 Å². The molecule has 0 saturated carbocycles. The van der Waals surface area contributed by atoms with E-state index in [1.807, 2.05) is 36.4 Å². The minimum atomic E-state index is 0.142. The third-order valence-corrected chi connectivity index (χ3v) is 3.59. The highest BCUT2D eigenvalue weighted by Gasteiger charge is 2.06. The summed E-state index contributed by atoms with van der Waals surface area (Å²) in [6, 6.07) is 21.4. The zero-order valence-electron chi connectivity index (χ0n) is 13.3. The quantitative estimate of drug-likeness (QED) is 0.735. The van der Waals surface area contributed by atoms with E-state index in [-0.39, 0.29) is 6.04 Å². The van der Waals surface area contributed by atoms with E-state index in [2.05, 4.69) is 45.7 Å². The number of anilines is 3. The van der Waals surface area contributed by atoms with Crippen LogP contribution < -0.4 is 10.6 Å². The van der Waals surface area contributed by atoms with Crippen LogP contribution in [0.3, 0.4) is 0 Å². The molecule has 0 saturated heterocycles. The Bertz CT molecular complexity index is 838. The second-order valence-electron chi connectivity index (χ2n) is 5.36. The van der Waals surface area contributed by atoms with Crippen molar-refractivity contribution in [3.63, 3.8) is 0 Å². The van der Waals surface area contributed by atoms with Crippen LogP contribution in [0.15, 0.2) is 66.9 Å². The number of nitriles is 1. The average Bonchev–Trinajstić information content (AvgIpc) is 2.63. The van der Waals surface area contributed by atoms with Crippen molar-refractivity contribution in [3.8, 4) is 6.07 Å².